The molecule has 5 nitrogen and oxygen atoms in total. The van der Waals surface area contributed by atoms with E-state index in [1.54, 1.807) is 0 Å². The van der Waals surface area contributed by atoms with Crippen LogP contribution in [0, 0.1) is 11.8 Å². The highest BCUT2D eigenvalue weighted by molar-refractivity contribution is 5.04. The van der Waals surface area contributed by atoms with Gasteiger partial charge in [-0.15, -0.1) is 10.2 Å². The van der Waals surface area contributed by atoms with Crippen molar-refractivity contribution in [2.45, 2.75) is 51.5 Å². The maximum absolute atomic E-state index is 6.41. The zero-order valence-corrected chi connectivity index (χ0v) is 10.1. The fourth-order valence-corrected chi connectivity index (χ4v) is 2.87. The second kappa shape index (κ2) is 4.49. The third-order valence-corrected chi connectivity index (χ3v) is 3.48. The van der Waals surface area contributed by atoms with Gasteiger partial charge in [-0.2, -0.15) is 5.21 Å². The first kappa shape index (κ1) is 11.5. The van der Waals surface area contributed by atoms with Gasteiger partial charge in [-0.25, -0.2) is 0 Å². The maximum atomic E-state index is 6.41. The molecule has 1 aromatic heterocycles. The number of aromatic amines is 1. The van der Waals surface area contributed by atoms with E-state index in [4.69, 9.17) is 5.73 Å². The third kappa shape index (κ3) is 2.40. The van der Waals surface area contributed by atoms with Gasteiger partial charge in [-0.3, -0.25) is 0 Å². The van der Waals surface area contributed by atoms with Gasteiger partial charge in [0.05, 0.1) is 5.54 Å². The summed E-state index contributed by atoms with van der Waals surface area (Å²) in [7, 11) is 0. The van der Waals surface area contributed by atoms with Gasteiger partial charge in [0.15, 0.2) is 5.82 Å². The average molecular weight is 223 g/mol. The SMILES string of the molecule is CC(C)CC1CCCC(N)(c2nn[nH]n2)C1. The van der Waals surface area contributed by atoms with Crippen molar-refractivity contribution in [2.75, 3.05) is 0 Å². The second-order valence-electron chi connectivity index (χ2n) is 5.48. The minimum absolute atomic E-state index is 0.356. The van der Waals surface area contributed by atoms with Crippen LogP contribution in [0.1, 0.15) is 51.8 Å². The summed E-state index contributed by atoms with van der Waals surface area (Å²) in [5, 5.41) is 14.2. The van der Waals surface area contributed by atoms with Crippen LogP contribution in [0.25, 0.3) is 0 Å². The molecule has 1 aliphatic carbocycles. The average Bonchev–Trinajstić information content (AvgIpc) is 2.69. The zero-order valence-electron chi connectivity index (χ0n) is 10.1. The van der Waals surface area contributed by atoms with Gasteiger partial charge in [0.2, 0.25) is 0 Å². The van der Waals surface area contributed by atoms with Crippen LogP contribution in [0.5, 0.6) is 0 Å². The molecule has 2 rings (SSSR count). The Kier molecular flexibility index (Phi) is 3.23. The van der Waals surface area contributed by atoms with E-state index in [0.717, 1.165) is 18.8 Å². The van der Waals surface area contributed by atoms with Crippen molar-refractivity contribution >= 4 is 0 Å². The van der Waals surface area contributed by atoms with Crippen LogP contribution in [0.4, 0.5) is 0 Å². The van der Waals surface area contributed by atoms with Gasteiger partial charge < -0.3 is 5.73 Å². The van der Waals surface area contributed by atoms with Gasteiger partial charge >= 0.3 is 0 Å². The molecule has 2 unspecified atom stereocenters. The molecule has 5 heteroatoms. The topological polar surface area (TPSA) is 80.5 Å². The molecule has 0 aliphatic heterocycles. The lowest BCUT2D eigenvalue weighted by Gasteiger charge is -2.36. The molecule has 1 heterocycles. The summed E-state index contributed by atoms with van der Waals surface area (Å²) >= 11 is 0. The molecule has 1 aliphatic rings. The Bertz CT molecular complexity index is 321. The van der Waals surface area contributed by atoms with Crippen molar-refractivity contribution in [3.8, 4) is 0 Å². The normalized spacial score (nSPS) is 30.9. The summed E-state index contributed by atoms with van der Waals surface area (Å²) in [6, 6.07) is 0. The highest BCUT2D eigenvalue weighted by Crippen LogP contribution is 2.38. The molecule has 0 bridgehead atoms. The lowest BCUT2D eigenvalue weighted by atomic mass is 9.73. The summed E-state index contributed by atoms with van der Waals surface area (Å²) in [6.07, 6.45) is 5.67. The first-order valence-electron chi connectivity index (χ1n) is 6.13. The number of H-pyrrole nitrogens is 1. The summed E-state index contributed by atoms with van der Waals surface area (Å²) in [6.45, 7) is 4.53. The van der Waals surface area contributed by atoms with E-state index < -0.39 is 0 Å². The van der Waals surface area contributed by atoms with E-state index in [0.29, 0.717) is 11.7 Å². The molecular weight excluding hydrogens is 202 g/mol. The molecule has 3 N–H and O–H groups in total. The Morgan fingerprint density at radius 1 is 1.56 bits per heavy atom. The number of aromatic nitrogens is 4. The minimum atomic E-state index is -0.356. The number of nitrogens with one attached hydrogen (secondary N) is 1. The number of hydrogen-bond acceptors (Lipinski definition) is 4. The van der Waals surface area contributed by atoms with Crippen LogP contribution >= 0.6 is 0 Å². The fourth-order valence-electron chi connectivity index (χ4n) is 2.87. The molecule has 0 amide bonds. The van der Waals surface area contributed by atoms with Crippen LogP contribution in [0.3, 0.4) is 0 Å². The Labute approximate surface area is 96.2 Å². The lowest BCUT2D eigenvalue weighted by Crippen LogP contribution is -2.42. The van der Waals surface area contributed by atoms with Crippen molar-refractivity contribution in [3.05, 3.63) is 5.82 Å². The summed E-state index contributed by atoms with van der Waals surface area (Å²) in [5.41, 5.74) is 6.05. The van der Waals surface area contributed by atoms with Gasteiger partial charge in [0.1, 0.15) is 0 Å². The van der Waals surface area contributed by atoms with E-state index in [-0.39, 0.29) is 5.54 Å². The van der Waals surface area contributed by atoms with E-state index in [2.05, 4.69) is 34.5 Å². The van der Waals surface area contributed by atoms with Gasteiger partial charge in [0, 0.05) is 0 Å². The molecule has 1 fully saturated rings. The number of tetrazole rings is 1. The predicted octanol–water partition coefficient (Wildman–Crippen LogP) is 1.59. The maximum Gasteiger partial charge on any atom is 0.194 e. The number of hydrogen-bond donors (Lipinski definition) is 2. The van der Waals surface area contributed by atoms with Crippen molar-refractivity contribution in [3.63, 3.8) is 0 Å². The molecule has 0 saturated heterocycles. The second-order valence-corrected chi connectivity index (χ2v) is 5.48. The Morgan fingerprint density at radius 2 is 2.38 bits per heavy atom. The molecule has 90 valence electrons. The Hall–Kier alpha value is -0.970. The first-order chi connectivity index (χ1) is 7.60. The number of nitrogens with zero attached hydrogens (tertiary/aromatic N) is 3. The lowest BCUT2D eigenvalue weighted by molar-refractivity contribution is 0.194. The Balaban J connectivity index is 2.06. The van der Waals surface area contributed by atoms with Gasteiger partial charge in [-0.1, -0.05) is 31.9 Å². The minimum Gasteiger partial charge on any atom is -0.319 e. The smallest absolute Gasteiger partial charge is 0.194 e. The molecule has 0 spiro atoms. The van der Waals surface area contributed by atoms with Crippen LogP contribution in [0.2, 0.25) is 0 Å². The molecule has 1 saturated carbocycles. The largest absolute Gasteiger partial charge is 0.319 e. The zero-order chi connectivity index (χ0) is 11.6. The summed E-state index contributed by atoms with van der Waals surface area (Å²) in [5.74, 6) is 2.12. The van der Waals surface area contributed by atoms with E-state index >= 15 is 0 Å². The first-order valence-corrected chi connectivity index (χ1v) is 6.13. The van der Waals surface area contributed by atoms with Gasteiger partial charge in [0.25, 0.3) is 0 Å². The monoisotopic (exact) mass is 223 g/mol. The third-order valence-electron chi connectivity index (χ3n) is 3.48. The molecule has 2 atom stereocenters. The molecule has 16 heavy (non-hydrogen) atoms. The van der Waals surface area contributed by atoms with Crippen molar-refractivity contribution < 1.29 is 0 Å². The molecule has 0 radical (unpaired) electrons. The van der Waals surface area contributed by atoms with Crippen molar-refractivity contribution in [2.24, 2.45) is 17.6 Å². The van der Waals surface area contributed by atoms with Crippen LogP contribution in [-0.2, 0) is 5.54 Å². The molecule has 1 aromatic rings. The predicted molar refractivity (Wildman–Crippen MR) is 61.5 cm³/mol. The Morgan fingerprint density at radius 3 is 3.00 bits per heavy atom. The molecular formula is C11H21N5. The number of nitrogens with two attached hydrogens (primary N) is 1. The van der Waals surface area contributed by atoms with E-state index in [1.165, 1.54) is 19.3 Å². The van der Waals surface area contributed by atoms with E-state index in [9.17, 15) is 0 Å². The van der Waals surface area contributed by atoms with Gasteiger partial charge in [-0.05, 0) is 31.1 Å². The summed E-state index contributed by atoms with van der Waals surface area (Å²) in [4.78, 5) is 0. The summed E-state index contributed by atoms with van der Waals surface area (Å²) < 4.78 is 0. The quantitative estimate of drug-likeness (QED) is 0.815. The van der Waals surface area contributed by atoms with E-state index in [1.807, 2.05) is 0 Å². The molecule has 0 aromatic carbocycles. The highest BCUT2D eigenvalue weighted by atomic mass is 15.5. The number of rotatable bonds is 3. The fraction of sp³-hybridized carbons (Fsp3) is 0.909. The van der Waals surface area contributed by atoms with Crippen LogP contribution in [0.15, 0.2) is 0 Å². The highest BCUT2D eigenvalue weighted by Gasteiger charge is 2.37. The van der Waals surface area contributed by atoms with Crippen molar-refractivity contribution in [1.29, 1.82) is 0 Å². The van der Waals surface area contributed by atoms with Crippen LogP contribution in [-0.4, -0.2) is 20.6 Å². The standard InChI is InChI=1S/C11H21N5/c1-8(2)6-9-4-3-5-11(12,7-9)10-13-15-16-14-10/h8-9H,3-7,12H2,1-2H3,(H,13,14,15,16). The van der Waals surface area contributed by atoms with Crippen molar-refractivity contribution in [1.82, 2.24) is 20.6 Å². The van der Waals surface area contributed by atoms with Crippen LogP contribution < -0.4 is 5.73 Å².